The summed E-state index contributed by atoms with van der Waals surface area (Å²) in [5.74, 6) is -0.636. The molecule has 0 saturated carbocycles. The van der Waals surface area contributed by atoms with E-state index in [0.29, 0.717) is 18.4 Å². The fourth-order valence-electron chi connectivity index (χ4n) is 5.55. The zero-order valence-electron chi connectivity index (χ0n) is 22.6. The number of aliphatic hydroxyl groups excluding tert-OH is 2. The molecular weight excluding hydrogens is 517 g/mol. The highest BCUT2D eigenvalue weighted by Gasteiger charge is 2.46. The lowest BCUT2D eigenvalue weighted by Crippen LogP contribution is -2.50. The molecule has 1 aliphatic rings. The fraction of sp³-hybridized carbons (Fsp3) is 0.235. The molecule has 4 aromatic carbocycles. The predicted octanol–water partition coefficient (Wildman–Crippen LogP) is 5.08. The average Bonchev–Trinajstić information content (AvgIpc) is 3.07. The van der Waals surface area contributed by atoms with Crippen LogP contribution in [0, 0.1) is 17.1 Å². The van der Waals surface area contributed by atoms with Crippen LogP contribution in [0.25, 0.3) is 0 Å². The van der Waals surface area contributed by atoms with Gasteiger partial charge in [-0.2, -0.15) is 5.26 Å². The second kappa shape index (κ2) is 12.8. The molecular formula is C34H32FN3O3. The van der Waals surface area contributed by atoms with Crippen LogP contribution in [0.3, 0.4) is 0 Å². The summed E-state index contributed by atoms with van der Waals surface area (Å²) in [5.41, 5.74) is 3.15. The predicted molar refractivity (Wildman–Crippen MR) is 154 cm³/mol. The van der Waals surface area contributed by atoms with E-state index in [1.807, 2.05) is 97.1 Å². The van der Waals surface area contributed by atoms with Gasteiger partial charge in [0.25, 0.3) is 0 Å². The lowest BCUT2D eigenvalue weighted by molar-refractivity contribution is -0.0408. The molecule has 0 aromatic heterocycles. The van der Waals surface area contributed by atoms with E-state index in [1.54, 1.807) is 15.9 Å². The van der Waals surface area contributed by atoms with Crippen LogP contribution in [0.5, 0.6) is 0 Å². The first-order valence-corrected chi connectivity index (χ1v) is 13.7. The molecule has 0 aliphatic carbocycles. The monoisotopic (exact) mass is 549 g/mol. The molecule has 0 radical (unpaired) electrons. The summed E-state index contributed by atoms with van der Waals surface area (Å²) in [6.07, 6.45) is -1.87. The van der Waals surface area contributed by atoms with Gasteiger partial charge in [0.05, 0.1) is 17.6 Å². The molecule has 1 aliphatic heterocycles. The van der Waals surface area contributed by atoms with Crippen LogP contribution in [-0.4, -0.2) is 50.3 Å². The number of nitrogens with zero attached hydrogens (tertiary/aromatic N) is 3. The molecule has 4 atom stereocenters. The smallest absolute Gasteiger partial charge is 0.321 e. The van der Waals surface area contributed by atoms with E-state index < -0.39 is 30.1 Å². The Bertz CT molecular complexity index is 1490. The van der Waals surface area contributed by atoms with Gasteiger partial charge in [0.1, 0.15) is 24.1 Å². The Hall–Kier alpha value is -4.51. The SMILES string of the molecule is N#Cc1cc(CN2C(=O)N(Cc3ccccc3)[C@H](Cc3ccccc3)[C@H](O)[C@@H](O)[C@H]2Cc2ccccc2)ccc1F. The minimum absolute atomic E-state index is 0.0262. The van der Waals surface area contributed by atoms with E-state index in [2.05, 4.69) is 0 Å². The number of halogens is 1. The molecule has 0 unspecified atom stereocenters. The second-order valence-electron chi connectivity index (χ2n) is 10.4. The Morgan fingerprint density at radius 1 is 0.659 bits per heavy atom. The lowest BCUT2D eigenvalue weighted by Gasteiger charge is -2.36. The highest BCUT2D eigenvalue weighted by Crippen LogP contribution is 2.30. The Morgan fingerprint density at radius 3 is 1.56 bits per heavy atom. The maximum absolute atomic E-state index is 14.6. The van der Waals surface area contributed by atoms with Gasteiger partial charge in [0.2, 0.25) is 0 Å². The van der Waals surface area contributed by atoms with Gasteiger partial charge in [-0.15, -0.1) is 0 Å². The number of hydrogen-bond donors (Lipinski definition) is 2. The number of amides is 2. The standard InChI is InChI=1S/C34H32FN3O3/c35-29-17-16-27(18-28(29)21-36)23-38-31(20-25-12-6-2-7-13-25)33(40)32(39)30(19-24-10-4-1-5-11-24)37(34(38)41)22-26-14-8-3-9-15-26/h1-18,30-33,39-40H,19-20,22-23H2/t30-,31-,32+,33+/m1/s1. The van der Waals surface area contributed by atoms with Gasteiger partial charge in [-0.3, -0.25) is 0 Å². The topological polar surface area (TPSA) is 87.8 Å². The van der Waals surface area contributed by atoms with Crippen molar-refractivity contribution in [3.63, 3.8) is 0 Å². The molecule has 41 heavy (non-hydrogen) atoms. The van der Waals surface area contributed by atoms with Crippen molar-refractivity contribution >= 4 is 6.03 Å². The third-order valence-corrected chi connectivity index (χ3v) is 7.71. The number of rotatable bonds is 8. The normalized spacial score (nSPS) is 20.9. The number of aliphatic hydroxyl groups is 2. The third-order valence-electron chi connectivity index (χ3n) is 7.71. The first kappa shape index (κ1) is 28.0. The van der Waals surface area contributed by atoms with Gasteiger partial charge in [-0.1, -0.05) is 97.1 Å². The summed E-state index contributed by atoms with van der Waals surface area (Å²) in [6, 6.07) is 32.8. The Kier molecular flexibility index (Phi) is 8.73. The average molecular weight is 550 g/mol. The van der Waals surface area contributed by atoms with E-state index in [1.165, 1.54) is 12.1 Å². The summed E-state index contributed by atoms with van der Waals surface area (Å²) < 4.78 is 14.1. The second-order valence-corrected chi connectivity index (χ2v) is 10.4. The molecule has 2 N–H and O–H groups in total. The summed E-state index contributed by atoms with van der Waals surface area (Å²) in [5, 5.41) is 32.9. The van der Waals surface area contributed by atoms with Gasteiger partial charge < -0.3 is 20.0 Å². The van der Waals surface area contributed by atoms with E-state index >= 15 is 0 Å². The molecule has 7 heteroatoms. The van der Waals surface area contributed by atoms with Crippen LogP contribution in [0.15, 0.2) is 109 Å². The van der Waals surface area contributed by atoms with Crippen molar-refractivity contribution in [1.82, 2.24) is 9.80 Å². The van der Waals surface area contributed by atoms with Crippen molar-refractivity contribution in [1.29, 1.82) is 5.26 Å². The van der Waals surface area contributed by atoms with Gasteiger partial charge >= 0.3 is 6.03 Å². The molecule has 208 valence electrons. The highest BCUT2D eigenvalue weighted by molar-refractivity contribution is 5.76. The minimum atomic E-state index is -1.27. The zero-order chi connectivity index (χ0) is 28.8. The summed E-state index contributed by atoms with van der Waals surface area (Å²) in [6.45, 7) is 0.251. The molecule has 1 saturated heterocycles. The molecule has 4 aromatic rings. The first-order chi connectivity index (χ1) is 19.9. The van der Waals surface area contributed by atoms with E-state index in [0.717, 1.165) is 16.7 Å². The molecule has 2 amide bonds. The van der Waals surface area contributed by atoms with Crippen LogP contribution in [0.1, 0.15) is 27.8 Å². The van der Waals surface area contributed by atoms with Gasteiger partial charge in [-0.05, 0) is 47.2 Å². The number of nitriles is 1. The van der Waals surface area contributed by atoms with E-state index in [4.69, 9.17) is 0 Å². The maximum atomic E-state index is 14.6. The van der Waals surface area contributed by atoms with E-state index in [9.17, 15) is 24.7 Å². The van der Waals surface area contributed by atoms with Crippen LogP contribution in [-0.2, 0) is 25.9 Å². The largest absolute Gasteiger partial charge is 0.388 e. The number of benzene rings is 4. The Morgan fingerprint density at radius 2 is 1.10 bits per heavy atom. The molecule has 1 fully saturated rings. The van der Waals surface area contributed by atoms with Crippen molar-refractivity contribution in [2.24, 2.45) is 0 Å². The summed E-state index contributed by atoms with van der Waals surface area (Å²) >= 11 is 0. The van der Waals surface area contributed by atoms with Crippen molar-refractivity contribution in [3.05, 3.63) is 143 Å². The van der Waals surface area contributed by atoms with Crippen LogP contribution in [0.4, 0.5) is 9.18 Å². The number of urea groups is 1. The van der Waals surface area contributed by atoms with Crippen molar-refractivity contribution in [2.75, 3.05) is 0 Å². The summed E-state index contributed by atoms with van der Waals surface area (Å²) in [7, 11) is 0. The third kappa shape index (κ3) is 6.46. The molecule has 5 rings (SSSR count). The Balaban J connectivity index is 1.59. The summed E-state index contributed by atoms with van der Waals surface area (Å²) in [4.78, 5) is 17.8. The number of hydrogen-bond acceptors (Lipinski definition) is 4. The maximum Gasteiger partial charge on any atom is 0.321 e. The van der Waals surface area contributed by atoms with Gasteiger partial charge in [0, 0.05) is 13.1 Å². The lowest BCUT2D eigenvalue weighted by atomic mass is 9.91. The van der Waals surface area contributed by atoms with Crippen LogP contribution < -0.4 is 0 Å². The highest BCUT2D eigenvalue weighted by atomic mass is 19.1. The van der Waals surface area contributed by atoms with Crippen molar-refractivity contribution < 1.29 is 19.4 Å². The number of carbonyl (C=O) groups is 1. The Labute approximate surface area is 239 Å². The fourth-order valence-corrected chi connectivity index (χ4v) is 5.55. The van der Waals surface area contributed by atoms with Crippen molar-refractivity contribution in [3.8, 4) is 6.07 Å². The zero-order valence-corrected chi connectivity index (χ0v) is 22.6. The molecule has 0 spiro atoms. The van der Waals surface area contributed by atoms with Crippen LogP contribution in [0.2, 0.25) is 0 Å². The van der Waals surface area contributed by atoms with Crippen molar-refractivity contribution in [2.45, 2.75) is 50.2 Å². The number of carbonyl (C=O) groups excluding carboxylic acids is 1. The van der Waals surface area contributed by atoms with Gasteiger partial charge in [-0.25, -0.2) is 9.18 Å². The van der Waals surface area contributed by atoms with Gasteiger partial charge in [0.15, 0.2) is 0 Å². The first-order valence-electron chi connectivity index (χ1n) is 13.7. The van der Waals surface area contributed by atoms with E-state index in [-0.39, 0.29) is 24.7 Å². The quantitative estimate of drug-likeness (QED) is 0.321. The molecule has 6 nitrogen and oxygen atoms in total. The minimum Gasteiger partial charge on any atom is -0.388 e. The molecule has 1 heterocycles. The molecule has 0 bridgehead atoms. The van der Waals surface area contributed by atoms with Crippen LogP contribution >= 0.6 is 0 Å².